The van der Waals surface area contributed by atoms with Crippen molar-refractivity contribution in [3.8, 4) is 0 Å². The Hall–Kier alpha value is -2.11. The molecule has 100 valence electrons. The Balaban J connectivity index is 2.19. The number of nitrogens with one attached hydrogen (secondary N) is 1. The minimum Gasteiger partial charge on any atom is -0.316 e. The van der Waals surface area contributed by atoms with E-state index in [1.54, 1.807) is 0 Å². The van der Waals surface area contributed by atoms with Crippen LogP contribution in [0.1, 0.15) is 17.5 Å². The Morgan fingerprint density at radius 3 is 1.90 bits per heavy atom. The van der Waals surface area contributed by atoms with E-state index in [-0.39, 0.29) is 0 Å². The lowest BCUT2D eigenvalue weighted by atomic mass is 9.73. The van der Waals surface area contributed by atoms with Crippen molar-refractivity contribution in [2.24, 2.45) is 5.92 Å². The van der Waals surface area contributed by atoms with Crippen LogP contribution in [0.25, 0.3) is 4.85 Å². The molecule has 0 aromatic heterocycles. The Morgan fingerprint density at radius 1 is 0.950 bits per heavy atom. The predicted molar refractivity (Wildman–Crippen MR) is 81.2 cm³/mol. The van der Waals surface area contributed by atoms with Gasteiger partial charge in [-0.05, 0) is 13.0 Å². The highest BCUT2D eigenvalue weighted by atomic mass is 14.9. The SMILES string of the molecule is [C-]#[N+]C(c1ccccc1)(c1ccccc1)[C@@H]1CCNC1. The zero-order valence-electron chi connectivity index (χ0n) is 11.4. The van der Waals surface area contributed by atoms with Crippen LogP contribution in [0.5, 0.6) is 0 Å². The molecule has 2 nitrogen and oxygen atoms in total. The number of hydrogen-bond donors (Lipinski definition) is 1. The lowest BCUT2D eigenvalue weighted by Crippen LogP contribution is -2.34. The van der Waals surface area contributed by atoms with Gasteiger partial charge < -0.3 is 5.32 Å². The van der Waals surface area contributed by atoms with Crippen LogP contribution in [-0.4, -0.2) is 13.1 Å². The van der Waals surface area contributed by atoms with E-state index in [9.17, 15) is 0 Å². The molecule has 0 spiro atoms. The molecule has 0 bridgehead atoms. The summed E-state index contributed by atoms with van der Waals surface area (Å²) in [5.41, 5.74) is 1.65. The summed E-state index contributed by atoms with van der Waals surface area (Å²) >= 11 is 0. The maximum absolute atomic E-state index is 7.94. The second kappa shape index (κ2) is 5.48. The van der Waals surface area contributed by atoms with E-state index in [4.69, 9.17) is 6.57 Å². The molecular weight excluding hydrogens is 244 g/mol. The molecule has 1 heterocycles. The zero-order chi connectivity index (χ0) is 13.8. The quantitative estimate of drug-likeness (QED) is 0.838. The van der Waals surface area contributed by atoms with Gasteiger partial charge in [0.05, 0.1) is 5.92 Å². The third-order valence-corrected chi connectivity index (χ3v) is 4.26. The smallest absolute Gasteiger partial charge is 0.286 e. The Kier molecular flexibility index (Phi) is 3.54. The highest BCUT2D eigenvalue weighted by Crippen LogP contribution is 2.43. The third-order valence-electron chi connectivity index (χ3n) is 4.26. The van der Waals surface area contributed by atoms with Crippen molar-refractivity contribution < 1.29 is 0 Å². The molecule has 2 aromatic carbocycles. The summed E-state index contributed by atoms with van der Waals surface area (Å²) in [6.07, 6.45) is 1.05. The van der Waals surface area contributed by atoms with Gasteiger partial charge in [-0.2, -0.15) is 0 Å². The highest BCUT2D eigenvalue weighted by molar-refractivity contribution is 5.43. The molecule has 2 heteroatoms. The largest absolute Gasteiger partial charge is 0.316 e. The summed E-state index contributed by atoms with van der Waals surface area (Å²) in [5, 5.41) is 3.41. The predicted octanol–water partition coefficient (Wildman–Crippen LogP) is 3.46. The van der Waals surface area contributed by atoms with E-state index in [1.807, 2.05) is 36.4 Å². The molecule has 1 N–H and O–H groups in total. The number of nitrogens with zero attached hydrogens (tertiary/aromatic N) is 1. The van der Waals surface area contributed by atoms with Crippen LogP contribution in [0.3, 0.4) is 0 Å². The molecule has 0 radical (unpaired) electrons. The third kappa shape index (κ3) is 2.01. The second-order valence-electron chi connectivity index (χ2n) is 5.30. The summed E-state index contributed by atoms with van der Waals surface area (Å²) in [6, 6.07) is 20.5. The van der Waals surface area contributed by atoms with Crippen LogP contribution in [0.2, 0.25) is 0 Å². The first kappa shape index (κ1) is 12.9. The van der Waals surface area contributed by atoms with Crippen LogP contribution in [0.4, 0.5) is 0 Å². The lowest BCUT2D eigenvalue weighted by Gasteiger charge is -2.28. The summed E-state index contributed by atoms with van der Waals surface area (Å²) in [6.45, 7) is 9.86. The van der Waals surface area contributed by atoms with Crippen LogP contribution >= 0.6 is 0 Å². The van der Waals surface area contributed by atoms with E-state index >= 15 is 0 Å². The first-order valence-electron chi connectivity index (χ1n) is 7.08. The fourth-order valence-corrected chi connectivity index (χ4v) is 3.25. The summed E-state index contributed by atoms with van der Waals surface area (Å²) in [7, 11) is 0. The van der Waals surface area contributed by atoms with E-state index in [0.29, 0.717) is 5.92 Å². The van der Waals surface area contributed by atoms with Gasteiger partial charge in [0.2, 0.25) is 0 Å². The Bertz CT molecular complexity index is 553. The van der Waals surface area contributed by atoms with Gasteiger partial charge in [-0.1, -0.05) is 60.7 Å². The molecular formula is C18H18N2. The maximum Gasteiger partial charge on any atom is 0.286 e. The van der Waals surface area contributed by atoms with Crippen molar-refractivity contribution in [3.05, 3.63) is 83.2 Å². The average molecular weight is 262 g/mol. The minimum absolute atomic E-state index is 0.324. The van der Waals surface area contributed by atoms with Gasteiger partial charge in [-0.3, -0.25) is 4.85 Å². The summed E-state index contributed by atoms with van der Waals surface area (Å²) in [4.78, 5) is 4.15. The van der Waals surface area contributed by atoms with Crippen molar-refractivity contribution in [1.82, 2.24) is 5.32 Å². The zero-order valence-corrected chi connectivity index (χ0v) is 11.4. The van der Waals surface area contributed by atoms with Gasteiger partial charge in [-0.25, -0.2) is 6.57 Å². The fraction of sp³-hybridized carbons (Fsp3) is 0.278. The molecule has 3 rings (SSSR count). The monoisotopic (exact) mass is 262 g/mol. The molecule has 0 aliphatic carbocycles. The molecule has 1 aliphatic heterocycles. The van der Waals surface area contributed by atoms with Crippen LogP contribution in [-0.2, 0) is 5.54 Å². The van der Waals surface area contributed by atoms with Gasteiger partial charge in [0, 0.05) is 17.7 Å². The fourth-order valence-electron chi connectivity index (χ4n) is 3.25. The lowest BCUT2D eigenvalue weighted by molar-refractivity contribution is 0.412. The van der Waals surface area contributed by atoms with E-state index < -0.39 is 5.54 Å². The normalized spacial score (nSPS) is 18.6. The Morgan fingerprint density at radius 2 is 1.50 bits per heavy atom. The second-order valence-corrected chi connectivity index (χ2v) is 5.30. The van der Waals surface area contributed by atoms with Gasteiger partial charge in [0.25, 0.3) is 5.54 Å². The van der Waals surface area contributed by atoms with Crippen molar-refractivity contribution in [3.63, 3.8) is 0 Å². The van der Waals surface area contributed by atoms with Crippen LogP contribution in [0, 0.1) is 12.5 Å². The number of rotatable bonds is 3. The highest BCUT2D eigenvalue weighted by Gasteiger charge is 2.49. The summed E-state index contributed by atoms with van der Waals surface area (Å²) in [5.74, 6) is 0.324. The van der Waals surface area contributed by atoms with E-state index in [2.05, 4.69) is 34.4 Å². The number of benzene rings is 2. The van der Waals surface area contributed by atoms with Gasteiger partial charge in [0.1, 0.15) is 0 Å². The van der Waals surface area contributed by atoms with E-state index in [1.165, 1.54) is 0 Å². The molecule has 0 amide bonds. The van der Waals surface area contributed by atoms with Crippen molar-refractivity contribution in [1.29, 1.82) is 0 Å². The topological polar surface area (TPSA) is 16.4 Å². The molecule has 0 saturated carbocycles. The van der Waals surface area contributed by atoms with Crippen LogP contribution < -0.4 is 5.32 Å². The van der Waals surface area contributed by atoms with Gasteiger partial charge in [-0.15, -0.1) is 0 Å². The minimum atomic E-state index is -0.563. The van der Waals surface area contributed by atoms with Crippen molar-refractivity contribution in [2.75, 3.05) is 13.1 Å². The first-order chi connectivity index (χ1) is 9.88. The van der Waals surface area contributed by atoms with Gasteiger partial charge >= 0.3 is 0 Å². The molecule has 1 aliphatic rings. The first-order valence-corrected chi connectivity index (χ1v) is 7.08. The molecule has 2 aromatic rings. The maximum atomic E-state index is 7.94. The molecule has 20 heavy (non-hydrogen) atoms. The standard InChI is InChI=1S/C18H18N2/c1-19-18(17-12-13-20-14-17,15-8-4-2-5-9-15)16-10-6-3-7-11-16/h2-11,17,20H,12-14H2/t17-/m1/s1. The molecule has 1 saturated heterocycles. The van der Waals surface area contributed by atoms with Crippen molar-refractivity contribution >= 4 is 0 Å². The average Bonchev–Trinajstić information content (AvgIpc) is 3.06. The van der Waals surface area contributed by atoms with Crippen molar-refractivity contribution in [2.45, 2.75) is 12.0 Å². The summed E-state index contributed by atoms with van der Waals surface area (Å²) < 4.78 is 0. The Labute approximate surface area is 120 Å². The number of hydrogen-bond acceptors (Lipinski definition) is 1. The molecule has 1 atom stereocenters. The molecule has 1 fully saturated rings. The van der Waals surface area contributed by atoms with E-state index in [0.717, 1.165) is 30.6 Å². The van der Waals surface area contributed by atoms with Gasteiger partial charge in [0.15, 0.2) is 0 Å². The molecule has 0 unspecified atom stereocenters. The van der Waals surface area contributed by atoms with Crippen LogP contribution in [0.15, 0.2) is 60.7 Å².